The predicted molar refractivity (Wildman–Crippen MR) is 121 cm³/mol. The van der Waals surface area contributed by atoms with E-state index in [0.29, 0.717) is 16.1 Å². The number of esters is 1. The fourth-order valence-corrected chi connectivity index (χ4v) is 5.43. The van der Waals surface area contributed by atoms with Crippen LogP contribution in [0.25, 0.3) is 6.08 Å². The van der Waals surface area contributed by atoms with Gasteiger partial charge in [-0.1, -0.05) is 35.1 Å². The zero-order valence-corrected chi connectivity index (χ0v) is 19.3. The molecule has 3 aromatic rings. The second kappa shape index (κ2) is 8.53. The van der Waals surface area contributed by atoms with Crippen LogP contribution in [0.3, 0.4) is 0 Å². The molecule has 9 heteroatoms. The summed E-state index contributed by atoms with van der Waals surface area (Å²) in [6, 6.07) is 7.40. The third kappa shape index (κ3) is 4.03. The SMILES string of the molecule is CC1=C(C(=O)OC(C)C)[C@@H](c2cccs2)n2c(s/c(=C\c3c(F)cccc3Cl)c2=O)=N1. The zero-order valence-electron chi connectivity index (χ0n) is 16.9. The van der Waals surface area contributed by atoms with Crippen molar-refractivity contribution in [3.8, 4) is 0 Å². The van der Waals surface area contributed by atoms with Gasteiger partial charge >= 0.3 is 5.97 Å². The van der Waals surface area contributed by atoms with Crippen molar-refractivity contribution in [2.24, 2.45) is 4.99 Å². The molecule has 5 nitrogen and oxygen atoms in total. The van der Waals surface area contributed by atoms with Crippen LogP contribution in [0.15, 0.2) is 56.8 Å². The number of nitrogens with zero attached hydrogens (tertiary/aromatic N) is 2. The van der Waals surface area contributed by atoms with Crippen LogP contribution in [0.4, 0.5) is 4.39 Å². The summed E-state index contributed by atoms with van der Waals surface area (Å²) in [4.78, 5) is 32.0. The number of hydrogen-bond acceptors (Lipinski definition) is 6. The third-order valence-electron chi connectivity index (χ3n) is 4.67. The molecule has 1 atom stereocenters. The van der Waals surface area contributed by atoms with Crippen LogP contribution >= 0.6 is 34.3 Å². The average molecular weight is 477 g/mol. The Balaban J connectivity index is 1.96. The van der Waals surface area contributed by atoms with Gasteiger partial charge in [0.25, 0.3) is 5.56 Å². The van der Waals surface area contributed by atoms with Gasteiger partial charge in [-0.05, 0) is 50.4 Å². The average Bonchev–Trinajstić information content (AvgIpc) is 3.32. The fraction of sp³-hybridized carbons (Fsp3) is 0.227. The van der Waals surface area contributed by atoms with Gasteiger partial charge in [-0.15, -0.1) is 11.3 Å². The molecule has 1 aromatic carbocycles. The van der Waals surface area contributed by atoms with E-state index in [1.54, 1.807) is 26.8 Å². The van der Waals surface area contributed by atoms with Gasteiger partial charge in [0.15, 0.2) is 4.80 Å². The highest BCUT2D eigenvalue weighted by Crippen LogP contribution is 2.33. The van der Waals surface area contributed by atoms with E-state index < -0.39 is 17.8 Å². The van der Waals surface area contributed by atoms with Crippen molar-refractivity contribution < 1.29 is 13.9 Å². The van der Waals surface area contributed by atoms with E-state index in [1.165, 1.54) is 34.1 Å². The molecule has 0 aliphatic carbocycles. The highest BCUT2D eigenvalue weighted by Gasteiger charge is 2.34. The van der Waals surface area contributed by atoms with Crippen LogP contribution in [0.5, 0.6) is 0 Å². The summed E-state index contributed by atoms with van der Waals surface area (Å²) in [5.74, 6) is -1.04. The van der Waals surface area contributed by atoms with Crippen molar-refractivity contribution in [1.29, 1.82) is 0 Å². The van der Waals surface area contributed by atoms with Gasteiger partial charge in [-0.3, -0.25) is 9.36 Å². The minimum absolute atomic E-state index is 0.136. The van der Waals surface area contributed by atoms with Crippen molar-refractivity contribution in [3.05, 3.63) is 88.0 Å². The first kappa shape index (κ1) is 21.7. The second-order valence-corrected chi connectivity index (χ2v) is 9.58. The first-order chi connectivity index (χ1) is 14.8. The molecular weight excluding hydrogens is 459 g/mol. The fourth-order valence-electron chi connectivity index (χ4n) is 3.36. The lowest BCUT2D eigenvalue weighted by Gasteiger charge is -2.24. The van der Waals surface area contributed by atoms with E-state index in [4.69, 9.17) is 16.3 Å². The highest BCUT2D eigenvalue weighted by atomic mass is 35.5. The van der Waals surface area contributed by atoms with Gasteiger partial charge in [0.1, 0.15) is 11.9 Å². The van der Waals surface area contributed by atoms with Crippen LogP contribution in [-0.2, 0) is 9.53 Å². The number of ether oxygens (including phenoxy) is 1. The molecular formula is C22H18ClFN2O3S2. The molecule has 1 aliphatic rings. The van der Waals surface area contributed by atoms with Crippen LogP contribution in [0, 0.1) is 5.82 Å². The number of rotatable bonds is 4. The molecule has 3 heterocycles. The Morgan fingerprint density at radius 3 is 2.74 bits per heavy atom. The summed E-state index contributed by atoms with van der Waals surface area (Å²) in [5, 5.41) is 2.09. The molecule has 0 N–H and O–H groups in total. The van der Waals surface area contributed by atoms with Gasteiger partial charge in [0.05, 0.1) is 26.9 Å². The number of carbonyl (C=O) groups excluding carboxylic acids is 1. The van der Waals surface area contributed by atoms with Gasteiger partial charge in [-0.2, -0.15) is 0 Å². The van der Waals surface area contributed by atoms with E-state index >= 15 is 0 Å². The topological polar surface area (TPSA) is 60.7 Å². The summed E-state index contributed by atoms with van der Waals surface area (Å²) in [7, 11) is 0. The molecule has 0 saturated heterocycles. The molecule has 0 saturated carbocycles. The van der Waals surface area contributed by atoms with Gasteiger partial charge in [-0.25, -0.2) is 14.2 Å². The molecule has 0 bridgehead atoms. The molecule has 0 unspecified atom stereocenters. The minimum atomic E-state index is -0.666. The van der Waals surface area contributed by atoms with Crippen molar-refractivity contribution in [1.82, 2.24) is 4.57 Å². The van der Waals surface area contributed by atoms with Crippen LogP contribution in [0.1, 0.15) is 37.3 Å². The summed E-state index contributed by atoms with van der Waals surface area (Å²) >= 11 is 8.70. The molecule has 1 aliphatic heterocycles. The Morgan fingerprint density at radius 1 is 1.32 bits per heavy atom. The normalized spacial score (nSPS) is 16.5. The lowest BCUT2D eigenvalue weighted by Crippen LogP contribution is -2.39. The highest BCUT2D eigenvalue weighted by molar-refractivity contribution is 7.10. The van der Waals surface area contributed by atoms with Crippen molar-refractivity contribution in [2.45, 2.75) is 32.9 Å². The maximum Gasteiger partial charge on any atom is 0.338 e. The molecule has 4 rings (SSSR count). The Kier molecular flexibility index (Phi) is 5.96. The Hall–Kier alpha value is -2.55. The number of halogens is 2. The summed E-state index contributed by atoms with van der Waals surface area (Å²) in [6.45, 7) is 5.25. The second-order valence-electron chi connectivity index (χ2n) is 7.19. The Morgan fingerprint density at radius 2 is 2.10 bits per heavy atom. The lowest BCUT2D eigenvalue weighted by atomic mass is 10.0. The third-order valence-corrected chi connectivity index (χ3v) is 6.91. The maximum atomic E-state index is 14.3. The number of fused-ring (bicyclic) bond motifs is 1. The molecule has 2 aromatic heterocycles. The van der Waals surface area contributed by atoms with Crippen LogP contribution in [0.2, 0.25) is 5.02 Å². The number of thiophene rings is 1. The van der Waals surface area contributed by atoms with Gasteiger partial charge < -0.3 is 4.74 Å². The molecule has 160 valence electrons. The molecule has 31 heavy (non-hydrogen) atoms. The summed E-state index contributed by atoms with van der Waals surface area (Å²) in [6.07, 6.45) is 1.11. The smallest absolute Gasteiger partial charge is 0.338 e. The van der Waals surface area contributed by atoms with Crippen molar-refractivity contribution >= 4 is 46.3 Å². The van der Waals surface area contributed by atoms with E-state index in [-0.39, 0.29) is 26.8 Å². The van der Waals surface area contributed by atoms with Crippen LogP contribution < -0.4 is 14.9 Å². The largest absolute Gasteiger partial charge is 0.459 e. The monoisotopic (exact) mass is 476 g/mol. The maximum absolute atomic E-state index is 14.3. The molecule has 0 spiro atoms. The lowest BCUT2D eigenvalue weighted by molar-refractivity contribution is -0.143. The Labute approximate surface area is 190 Å². The van der Waals surface area contributed by atoms with Crippen molar-refractivity contribution in [2.75, 3.05) is 0 Å². The van der Waals surface area contributed by atoms with Crippen molar-refractivity contribution in [3.63, 3.8) is 0 Å². The number of benzene rings is 1. The quantitative estimate of drug-likeness (QED) is 0.534. The summed E-state index contributed by atoms with van der Waals surface area (Å²) < 4.78 is 21.5. The number of aromatic nitrogens is 1. The van der Waals surface area contributed by atoms with Gasteiger partial charge in [0.2, 0.25) is 0 Å². The predicted octanol–water partition coefficient (Wildman–Crippen LogP) is 4.04. The number of carbonyl (C=O) groups is 1. The molecule has 0 fully saturated rings. The summed E-state index contributed by atoms with van der Waals surface area (Å²) in [5.41, 5.74) is 0.570. The number of hydrogen-bond donors (Lipinski definition) is 0. The molecule has 0 radical (unpaired) electrons. The van der Waals surface area contributed by atoms with E-state index in [2.05, 4.69) is 4.99 Å². The van der Waals surface area contributed by atoms with E-state index in [1.807, 2.05) is 17.5 Å². The molecule has 0 amide bonds. The minimum Gasteiger partial charge on any atom is -0.459 e. The number of allylic oxidation sites excluding steroid dienone is 1. The zero-order chi connectivity index (χ0) is 22.3. The van der Waals surface area contributed by atoms with E-state index in [9.17, 15) is 14.0 Å². The first-order valence-corrected chi connectivity index (χ1v) is 11.6. The first-order valence-electron chi connectivity index (χ1n) is 9.49. The Bertz CT molecular complexity index is 1350. The van der Waals surface area contributed by atoms with E-state index in [0.717, 1.165) is 16.2 Å². The van der Waals surface area contributed by atoms with Crippen LogP contribution in [-0.4, -0.2) is 16.6 Å². The number of thiazole rings is 1. The standard InChI is InChI=1S/C22H18ClFN2O3S2/c1-11(2)29-21(28)18-12(3)25-22-26(19(18)16-8-5-9-30-16)20(27)17(31-22)10-13-14(23)6-4-7-15(13)24/h4-11,19H,1-3H3/b17-10-/t19-/m1/s1. The van der Waals surface area contributed by atoms with Gasteiger partial charge in [0, 0.05) is 10.4 Å².